The maximum Gasteiger partial charge on any atom is 0.247 e. The van der Waals surface area contributed by atoms with Crippen molar-refractivity contribution in [2.75, 3.05) is 58.0 Å². The lowest BCUT2D eigenvalue weighted by Gasteiger charge is -2.22. The highest BCUT2D eigenvalue weighted by atomic mass is 19.1. The quantitative estimate of drug-likeness (QED) is 0.193. The fourth-order valence-electron chi connectivity index (χ4n) is 4.19. The van der Waals surface area contributed by atoms with Crippen molar-refractivity contribution in [1.29, 1.82) is 0 Å². The molecule has 220 valence electrons. The molecule has 1 aliphatic heterocycles. The third-order valence-corrected chi connectivity index (χ3v) is 6.33. The summed E-state index contributed by atoms with van der Waals surface area (Å²) in [5.41, 5.74) is 1.20. The average molecular weight is 566 g/mol. The van der Waals surface area contributed by atoms with Crippen LogP contribution in [-0.2, 0) is 14.3 Å². The molecule has 0 saturated carbocycles. The number of carbonyl (C=O) groups is 2. The van der Waals surface area contributed by atoms with Crippen molar-refractivity contribution < 1.29 is 18.7 Å². The second-order valence-electron chi connectivity index (χ2n) is 9.98. The lowest BCUT2D eigenvalue weighted by molar-refractivity contribution is -0.135. The second kappa shape index (κ2) is 16.3. The number of nitrogens with one attached hydrogen (secondary N) is 3. The average Bonchev–Trinajstić information content (AvgIpc) is 3.39. The van der Waals surface area contributed by atoms with Crippen LogP contribution in [-0.4, -0.2) is 91.1 Å². The second-order valence-corrected chi connectivity index (χ2v) is 9.98. The molecule has 0 bridgehead atoms. The molecule has 1 aliphatic rings. The molecule has 11 heteroatoms. The normalized spacial score (nSPS) is 16.5. The molecule has 2 heterocycles. The van der Waals surface area contributed by atoms with Crippen molar-refractivity contribution in [3.05, 3.63) is 54.0 Å². The first-order valence-electron chi connectivity index (χ1n) is 13.9. The first-order chi connectivity index (χ1) is 19.8. The molecule has 1 aromatic carbocycles. The first kappa shape index (κ1) is 31.5. The van der Waals surface area contributed by atoms with Crippen molar-refractivity contribution in [2.45, 2.75) is 44.8 Å². The Kier molecular flexibility index (Phi) is 12.5. The van der Waals surface area contributed by atoms with Crippen LogP contribution in [0.3, 0.4) is 0 Å². The molecule has 3 N–H and O–H groups in total. The van der Waals surface area contributed by atoms with E-state index in [9.17, 15) is 14.0 Å². The van der Waals surface area contributed by atoms with Crippen molar-refractivity contribution >= 4 is 29.3 Å². The van der Waals surface area contributed by atoms with Crippen LogP contribution in [0.5, 0.6) is 0 Å². The number of anilines is 3. The summed E-state index contributed by atoms with van der Waals surface area (Å²) in [6.45, 7) is 4.24. The van der Waals surface area contributed by atoms with Gasteiger partial charge in [-0.25, -0.2) is 9.37 Å². The molecule has 2 aromatic rings. The van der Waals surface area contributed by atoms with E-state index < -0.39 is 6.04 Å². The Morgan fingerprint density at radius 2 is 2.12 bits per heavy atom. The zero-order valence-electron chi connectivity index (χ0n) is 24.2. The molecule has 0 radical (unpaired) electrons. The van der Waals surface area contributed by atoms with E-state index in [2.05, 4.69) is 44.7 Å². The monoisotopic (exact) mass is 565 g/mol. The summed E-state index contributed by atoms with van der Waals surface area (Å²) in [6.07, 6.45) is 7.34. The van der Waals surface area contributed by atoms with Gasteiger partial charge in [0.2, 0.25) is 17.8 Å². The summed E-state index contributed by atoms with van der Waals surface area (Å²) in [7, 11) is 5.44. The van der Waals surface area contributed by atoms with Gasteiger partial charge in [-0.15, -0.1) is 0 Å². The SMILES string of the molecule is CCCNc1nc(Nc2cccc(F)c2)ncc1C#CCCCNC(=O)[C@@H]1C[C@H](OC)CN1C(=O)/C=C/CN(C)C. The number of methoxy groups -OCH3 is 1. The number of aromatic nitrogens is 2. The number of benzene rings is 1. The molecule has 1 fully saturated rings. The Morgan fingerprint density at radius 1 is 1.29 bits per heavy atom. The minimum atomic E-state index is -0.564. The van der Waals surface area contributed by atoms with E-state index in [1.54, 1.807) is 36.4 Å². The lowest BCUT2D eigenvalue weighted by atomic mass is 10.1. The smallest absolute Gasteiger partial charge is 0.247 e. The summed E-state index contributed by atoms with van der Waals surface area (Å²) in [5, 5.41) is 9.21. The highest BCUT2D eigenvalue weighted by molar-refractivity contribution is 5.93. The largest absolute Gasteiger partial charge is 0.380 e. The van der Waals surface area contributed by atoms with E-state index in [4.69, 9.17) is 4.74 Å². The summed E-state index contributed by atoms with van der Waals surface area (Å²) >= 11 is 0. The number of halogens is 1. The highest BCUT2D eigenvalue weighted by Crippen LogP contribution is 2.21. The van der Waals surface area contributed by atoms with E-state index >= 15 is 0 Å². The molecule has 1 aromatic heterocycles. The number of nitrogens with zero attached hydrogens (tertiary/aromatic N) is 4. The maximum absolute atomic E-state index is 13.5. The number of hydrogen-bond acceptors (Lipinski definition) is 8. The van der Waals surface area contributed by atoms with Gasteiger partial charge >= 0.3 is 0 Å². The van der Waals surface area contributed by atoms with Gasteiger partial charge in [-0.05, 0) is 45.1 Å². The van der Waals surface area contributed by atoms with Gasteiger partial charge in [0, 0.05) is 57.9 Å². The Hall–Kier alpha value is -4.01. The minimum Gasteiger partial charge on any atom is -0.380 e. The molecule has 0 unspecified atom stereocenters. The van der Waals surface area contributed by atoms with Crippen LogP contribution in [0, 0.1) is 17.7 Å². The minimum absolute atomic E-state index is 0.170. The summed E-state index contributed by atoms with van der Waals surface area (Å²) in [6, 6.07) is 5.53. The predicted molar refractivity (Wildman–Crippen MR) is 158 cm³/mol. The van der Waals surface area contributed by atoms with E-state index in [0.717, 1.165) is 6.42 Å². The molecule has 0 spiro atoms. The number of carbonyl (C=O) groups excluding carboxylic acids is 2. The Balaban J connectivity index is 1.53. The van der Waals surface area contributed by atoms with Crippen molar-refractivity contribution in [2.24, 2.45) is 0 Å². The summed E-state index contributed by atoms with van der Waals surface area (Å²) in [4.78, 5) is 38.0. The molecule has 2 amide bonds. The molecular weight excluding hydrogens is 525 g/mol. The number of amides is 2. The highest BCUT2D eigenvalue weighted by Gasteiger charge is 2.38. The van der Waals surface area contributed by atoms with Gasteiger partial charge in [0.15, 0.2) is 0 Å². The molecule has 1 saturated heterocycles. The van der Waals surface area contributed by atoms with Gasteiger partial charge in [-0.2, -0.15) is 4.98 Å². The van der Waals surface area contributed by atoms with Crippen molar-refractivity contribution in [1.82, 2.24) is 25.1 Å². The summed E-state index contributed by atoms with van der Waals surface area (Å²) < 4.78 is 18.9. The van der Waals surface area contributed by atoms with Gasteiger partial charge in [0.25, 0.3) is 0 Å². The number of likely N-dealkylation sites (N-methyl/N-ethyl adjacent to an activating group) is 1. The van der Waals surface area contributed by atoms with Crippen LogP contribution in [0.15, 0.2) is 42.6 Å². The topological polar surface area (TPSA) is 112 Å². The first-order valence-corrected chi connectivity index (χ1v) is 13.9. The fraction of sp³-hybridized carbons (Fsp3) is 0.467. The lowest BCUT2D eigenvalue weighted by Crippen LogP contribution is -2.45. The van der Waals surface area contributed by atoms with E-state index in [-0.39, 0.29) is 23.7 Å². The third kappa shape index (κ3) is 10.2. The zero-order chi connectivity index (χ0) is 29.6. The Labute approximate surface area is 241 Å². The number of ether oxygens (including phenoxy) is 1. The standard InChI is InChI=1S/C30H40FN7O3/c1-5-15-32-28-22(20-34-30(36-28)35-24-13-9-12-23(31)18-24)11-7-6-8-16-33-29(40)26-19-25(41-4)21-38(26)27(39)14-10-17-37(2)3/h9-10,12-14,18,20,25-26H,5-6,8,15-17,19,21H2,1-4H3,(H,33,40)(H2,32,34,35,36)/b14-10+/t25-,26-/m0/s1. The van der Waals surface area contributed by atoms with Crippen LogP contribution in [0.1, 0.15) is 38.2 Å². The van der Waals surface area contributed by atoms with Crippen molar-refractivity contribution in [3.8, 4) is 11.8 Å². The molecular formula is C30H40FN7O3. The predicted octanol–water partition coefficient (Wildman–Crippen LogP) is 3.16. The molecule has 41 heavy (non-hydrogen) atoms. The maximum atomic E-state index is 13.5. The molecule has 0 aliphatic carbocycles. The summed E-state index contributed by atoms with van der Waals surface area (Å²) in [5.74, 6) is 6.44. The van der Waals surface area contributed by atoms with Gasteiger partial charge in [0.1, 0.15) is 17.7 Å². The van der Waals surface area contributed by atoms with Gasteiger partial charge in [-0.3, -0.25) is 9.59 Å². The van der Waals surface area contributed by atoms with Crippen LogP contribution in [0.2, 0.25) is 0 Å². The number of hydrogen-bond donors (Lipinski definition) is 3. The van der Waals surface area contributed by atoms with Gasteiger partial charge in [-0.1, -0.05) is 30.9 Å². The van der Waals surface area contributed by atoms with E-state index in [1.165, 1.54) is 18.2 Å². The van der Waals surface area contributed by atoms with Crippen LogP contribution < -0.4 is 16.0 Å². The van der Waals surface area contributed by atoms with Crippen LogP contribution in [0.4, 0.5) is 21.8 Å². The van der Waals surface area contributed by atoms with Crippen molar-refractivity contribution in [3.63, 3.8) is 0 Å². The van der Waals surface area contributed by atoms with E-state index in [0.29, 0.717) is 68.5 Å². The van der Waals surface area contributed by atoms with Crippen LogP contribution >= 0.6 is 0 Å². The Morgan fingerprint density at radius 3 is 2.85 bits per heavy atom. The third-order valence-electron chi connectivity index (χ3n) is 6.33. The molecule has 3 rings (SSSR count). The number of likely N-dealkylation sites (tertiary alicyclic amines) is 1. The number of unbranched alkanes of at least 4 members (excludes halogenated alkanes) is 1. The molecule has 10 nitrogen and oxygen atoms in total. The van der Waals surface area contributed by atoms with Gasteiger partial charge < -0.3 is 30.5 Å². The van der Waals surface area contributed by atoms with E-state index in [1.807, 2.05) is 19.0 Å². The zero-order valence-corrected chi connectivity index (χ0v) is 24.2. The number of rotatable bonds is 13. The fourth-order valence-corrected chi connectivity index (χ4v) is 4.19. The molecule has 2 atom stereocenters. The van der Waals surface area contributed by atoms with Gasteiger partial charge in [0.05, 0.1) is 17.9 Å². The van der Waals surface area contributed by atoms with Crippen LogP contribution in [0.25, 0.3) is 0 Å². The Bertz CT molecular complexity index is 1260.